The van der Waals surface area contributed by atoms with Gasteiger partial charge in [0, 0.05) is 11.6 Å². The molecule has 1 aromatic rings. The molecule has 0 fully saturated rings. The van der Waals surface area contributed by atoms with Crippen LogP contribution in [-0.4, -0.2) is 5.11 Å². The first-order chi connectivity index (χ1) is 6.06. The summed E-state index contributed by atoms with van der Waals surface area (Å²) in [6, 6.07) is 1.70. The fraction of sp³-hybridized carbons (Fsp3) is 0.111. The van der Waals surface area contributed by atoms with Crippen LogP contribution < -0.4 is 11.5 Å². The zero-order valence-corrected chi connectivity index (χ0v) is 7.00. The van der Waals surface area contributed by atoms with E-state index < -0.39 is 11.9 Å². The van der Waals surface area contributed by atoms with E-state index in [4.69, 9.17) is 11.5 Å². The minimum absolute atomic E-state index is 0.0369. The maximum atomic E-state index is 12.8. The van der Waals surface area contributed by atoms with Crippen molar-refractivity contribution in [3.05, 3.63) is 36.2 Å². The fourth-order valence-corrected chi connectivity index (χ4v) is 0.991. The molecule has 1 rings (SSSR count). The number of rotatable bonds is 2. The lowest BCUT2D eigenvalue weighted by Gasteiger charge is -2.10. The van der Waals surface area contributed by atoms with Gasteiger partial charge in [0.25, 0.3) is 0 Å². The lowest BCUT2D eigenvalue weighted by atomic mass is 10.1. The van der Waals surface area contributed by atoms with E-state index in [0.29, 0.717) is 5.56 Å². The maximum absolute atomic E-state index is 12.8. The van der Waals surface area contributed by atoms with Crippen molar-refractivity contribution in [3.8, 4) is 5.75 Å². The van der Waals surface area contributed by atoms with Crippen molar-refractivity contribution in [2.75, 3.05) is 5.73 Å². The molecular weight excluding hydrogens is 171 g/mol. The Morgan fingerprint density at radius 1 is 1.54 bits per heavy atom. The molecule has 0 aliphatic rings. The third-order valence-electron chi connectivity index (χ3n) is 1.76. The highest BCUT2D eigenvalue weighted by Gasteiger charge is 2.10. The number of aromatic hydroxyl groups is 1. The van der Waals surface area contributed by atoms with E-state index in [9.17, 15) is 9.50 Å². The summed E-state index contributed by atoms with van der Waals surface area (Å²) < 4.78 is 12.8. The van der Waals surface area contributed by atoms with Gasteiger partial charge in [0.1, 0.15) is 11.6 Å². The van der Waals surface area contributed by atoms with Crippen LogP contribution in [0, 0.1) is 5.82 Å². The number of nitrogens with two attached hydrogens (primary N) is 2. The number of phenolic OH excluding ortho intramolecular Hbond substituents is 1. The number of anilines is 1. The smallest absolute Gasteiger partial charge is 0.149 e. The van der Waals surface area contributed by atoms with E-state index >= 15 is 0 Å². The van der Waals surface area contributed by atoms with Crippen molar-refractivity contribution in [1.29, 1.82) is 0 Å². The number of halogens is 1. The summed E-state index contributed by atoms with van der Waals surface area (Å²) in [5.41, 5.74) is 11.2. The summed E-state index contributed by atoms with van der Waals surface area (Å²) in [5.74, 6) is -0.864. The van der Waals surface area contributed by atoms with Crippen LogP contribution in [0.15, 0.2) is 24.8 Å². The second-order valence-electron chi connectivity index (χ2n) is 2.69. The highest BCUT2D eigenvalue weighted by atomic mass is 19.1. The molecule has 0 radical (unpaired) electrons. The molecule has 1 aromatic carbocycles. The topological polar surface area (TPSA) is 72.3 Å². The number of phenols is 1. The van der Waals surface area contributed by atoms with Gasteiger partial charge in [-0.1, -0.05) is 6.08 Å². The molecule has 0 bridgehead atoms. The molecule has 5 N–H and O–H groups in total. The van der Waals surface area contributed by atoms with Gasteiger partial charge >= 0.3 is 0 Å². The van der Waals surface area contributed by atoms with Gasteiger partial charge in [-0.25, -0.2) is 4.39 Å². The van der Waals surface area contributed by atoms with E-state index in [1.807, 2.05) is 0 Å². The van der Waals surface area contributed by atoms with Crippen LogP contribution in [0.5, 0.6) is 5.75 Å². The summed E-state index contributed by atoms with van der Waals surface area (Å²) in [6.07, 6.45) is 1.44. The summed E-state index contributed by atoms with van der Waals surface area (Å²) in [5, 5.41) is 9.29. The number of hydrogen-bond donors (Lipinski definition) is 3. The Balaban J connectivity index is 3.22. The monoisotopic (exact) mass is 182 g/mol. The van der Waals surface area contributed by atoms with Gasteiger partial charge < -0.3 is 16.6 Å². The molecule has 3 nitrogen and oxygen atoms in total. The van der Waals surface area contributed by atoms with Gasteiger partial charge in [-0.15, -0.1) is 6.58 Å². The molecule has 4 heteroatoms. The molecule has 0 amide bonds. The molecule has 0 heterocycles. The van der Waals surface area contributed by atoms with E-state index in [0.717, 1.165) is 6.07 Å². The van der Waals surface area contributed by atoms with Gasteiger partial charge in [-0.05, 0) is 6.07 Å². The van der Waals surface area contributed by atoms with E-state index in [1.54, 1.807) is 0 Å². The van der Waals surface area contributed by atoms with Crippen LogP contribution >= 0.6 is 0 Å². The Labute approximate surface area is 75.5 Å². The molecule has 0 unspecified atom stereocenters. The molecule has 70 valence electrons. The third-order valence-corrected chi connectivity index (χ3v) is 1.76. The lowest BCUT2D eigenvalue weighted by molar-refractivity contribution is 0.460. The van der Waals surface area contributed by atoms with Crippen LogP contribution in [0.4, 0.5) is 10.1 Å². The van der Waals surface area contributed by atoms with Crippen molar-refractivity contribution < 1.29 is 9.50 Å². The highest BCUT2D eigenvalue weighted by Crippen LogP contribution is 2.27. The zero-order chi connectivity index (χ0) is 10.0. The number of nitrogen functional groups attached to an aromatic ring is 1. The minimum atomic E-state index is -0.655. The highest BCUT2D eigenvalue weighted by molar-refractivity contribution is 5.50. The van der Waals surface area contributed by atoms with Crippen LogP contribution in [0.3, 0.4) is 0 Å². The molecule has 0 aliphatic heterocycles. The molecule has 13 heavy (non-hydrogen) atoms. The number of benzene rings is 1. The van der Waals surface area contributed by atoms with Crippen LogP contribution in [0.2, 0.25) is 0 Å². The largest absolute Gasteiger partial charge is 0.507 e. The number of hydrogen-bond acceptors (Lipinski definition) is 3. The van der Waals surface area contributed by atoms with Gasteiger partial charge in [0.15, 0.2) is 0 Å². The summed E-state index contributed by atoms with van der Waals surface area (Å²) in [7, 11) is 0. The second-order valence-corrected chi connectivity index (χ2v) is 2.69. The Hall–Kier alpha value is -1.55. The van der Waals surface area contributed by atoms with Gasteiger partial charge in [-0.3, -0.25) is 0 Å². The predicted octanol–water partition coefficient (Wildman–Crippen LogP) is 1.30. The first-order valence-electron chi connectivity index (χ1n) is 3.72. The van der Waals surface area contributed by atoms with Crippen LogP contribution in [-0.2, 0) is 0 Å². The Morgan fingerprint density at radius 2 is 2.15 bits per heavy atom. The van der Waals surface area contributed by atoms with Crippen LogP contribution in [0.1, 0.15) is 11.6 Å². The summed E-state index contributed by atoms with van der Waals surface area (Å²) >= 11 is 0. The molecule has 0 saturated carbocycles. The first-order valence-corrected chi connectivity index (χ1v) is 3.72. The first kappa shape index (κ1) is 9.54. The fourth-order valence-electron chi connectivity index (χ4n) is 0.991. The summed E-state index contributed by atoms with van der Waals surface area (Å²) in [4.78, 5) is 0. The molecule has 0 spiro atoms. The van der Waals surface area contributed by atoms with Gasteiger partial charge in [0.05, 0.1) is 11.7 Å². The van der Waals surface area contributed by atoms with E-state index in [2.05, 4.69) is 6.58 Å². The van der Waals surface area contributed by atoms with E-state index in [-0.39, 0.29) is 11.4 Å². The second kappa shape index (κ2) is 3.45. The van der Waals surface area contributed by atoms with E-state index in [1.165, 1.54) is 12.1 Å². The summed E-state index contributed by atoms with van der Waals surface area (Å²) in [6.45, 7) is 3.46. The normalized spacial score (nSPS) is 12.5. The Bertz CT molecular complexity index is 339. The van der Waals surface area contributed by atoms with Crippen molar-refractivity contribution >= 4 is 5.69 Å². The Kier molecular flexibility index (Phi) is 2.53. The standard InChI is InChI=1S/C9H11FN2O/c1-2-7(11)5-3-8(12)6(10)4-9(5)13/h2-4,7,13H,1,11-12H2/t7-/m1/s1. The van der Waals surface area contributed by atoms with Crippen molar-refractivity contribution in [2.24, 2.45) is 5.73 Å². The van der Waals surface area contributed by atoms with Gasteiger partial charge in [-0.2, -0.15) is 0 Å². The molecule has 1 atom stereocenters. The van der Waals surface area contributed by atoms with Crippen molar-refractivity contribution in [1.82, 2.24) is 0 Å². The molecule has 0 aliphatic carbocycles. The van der Waals surface area contributed by atoms with Gasteiger partial charge in [0.2, 0.25) is 0 Å². The molecular formula is C9H11FN2O. The van der Waals surface area contributed by atoms with Crippen LogP contribution in [0.25, 0.3) is 0 Å². The Morgan fingerprint density at radius 3 is 2.69 bits per heavy atom. The maximum Gasteiger partial charge on any atom is 0.149 e. The lowest BCUT2D eigenvalue weighted by Crippen LogP contribution is -2.07. The molecule has 0 saturated heterocycles. The SMILES string of the molecule is C=C[C@@H](N)c1cc(N)c(F)cc1O. The zero-order valence-electron chi connectivity index (χ0n) is 7.00. The average Bonchev–Trinajstić information content (AvgIpc) is 2.10. The quantitative estimate of drug-likeness (QED) is 0.366. The third kappa shape index (κ3) is 1.78. The average molecular weight is 182 g/mol. The van der Waals surface area contributed by atoms with Crippen molar-refractivity contribution in [2.45, 2.75) is 6.04 Å². The predicted molar refractivity (Wildman–Crippen MR) is 49.6 cm³/mol. The minimum Gasteiger partial charge on any atom is -0.507 e. The van der Waals surface area contributed by atoms with Crippen molar-refractivity contribution in [3.63, 3.8) is 0 Å². The molecule has 0 aromatic heterocycles.